The number of aromatic nitrogens is 2. The fourth-order valence-corrected chi connectivity index (χ4v) is 2.66. The first-order valence-electron chi connectivity index (χ1n) is 9.14. The normalized spacial score (nSPS) is 13.0. The van der Waals surface area contributed by atoms with E-state index in [1.807, 2.05) is 19.1 Å². The second-order valence-electron chi connectivity index (χ2n) is 6.58. The van der Waals surface area contributed by atoms with E-state index in [0.717, 1.165) is 43.5 Å². The zero-order chi connectivity index (χ0) is 18.8. The largest absolute Gasteiger partial charge is 0.467 e. The number of rotatable bonds is 10. The monoisotopic (exact) mass is 361 g/mol. The third-order valence-electron chi connectivity index (χ3n) is 4.01. The van der Waals surface area contributed by atoms with Crippen LogP contribution < -0.4 is 10.6 Å². The molecule has 0 aliphatic rings. The lowest BCUT2D eigenvalue weighted by Gasteiger charge is -2.17. The molecule has 0 spiro atoms. The minimum atomic E-state index is 0.447. The Labute approximate surface area is 155 Å². The maximum absolute atomic E-state index is 5.57. The van der Waals surface area contributed by atoms with Crippen LogP contribution in [0, 0.1) is 19.8 Å². The van der Waals surface area contributed by atoms with Crippen LogP contribution in [0.15, 0.2) is 33.9 Å². The molecular formula is C19H31N5O2. The van der Waals surface area contributed by atoms with Gasteiger partial charge in [0.25, 0.3) is 0 Å². The van der Waals surface area contributed by atoms with Gasteiger partial charge < -0.3 is 19.8 Å². The van der Waals surface area contributed by atoms with Crippen molar-refractivity contribution < 1.29 is 9.15 Å². The molecule has 0 fully saturated rings. The maximum atomic E-state index is 5.57. The lowest BCUT2D eigenvalue weighted by molar-refractivity contribution is 0.105. The SMILES string of the molecule is CN=C(NCCCOCc1ccco1)NCC(C)Cn1nc(C)cc1C. The molecule has 7 nitrogen and oxygen atoms in total. The predicted molar refractivity (Wildman–Crippen MR) is 103 cm³/mol. The molecule has 7 heteroatoms. The van der Waals surface area contributed by atoms with Crippen molar-refractivity contribution in [2.75, 3.05) is 26.7 Å². The summed E-state index contributed by atoms with van der Waals surface area (Å²) in [5.74, 6) is 2.12. The van der Waals surface area contributed by atoms with Crippen LogP contribution in [0.3, 0.4) is 0 Å². The molecule has 2 heterocycles. The molecule has 0 aliphatic carbocycles. The van der Waals surface area contributed by atoms with Crippen molar-refractivity contribution >= 4 is 5.96 Å². The number of aryl methyl sites for hydroxylation is 2. The highest BCUT2D eigenvalue weighted by atomic mass is 16.5. The lowest BCUT2D eigenvalue weighted by Crippen LogP contribution is -2.40. The van der Waals surface area contributed by atoms with Crippen molar-refractivity contribution in [1.82, 2.24) is 20.4 Å². The van der Waals surface area contributed by atoms with Crippen LogP contribution in [0.2, 0.25) is 0 Å². The van der Waals surface area contributed by atoms with Gasteiger partial charge in [0, 0.05) is 39.0 Å². The summed E-state index contributed by atoms with van der Waals surface area (Å²) >= 11 is 0. The van der Waals surface area contributed by atoms with Crippen LogP contribution in [-0.2, 0) is 17.9 Å². The number of nitrogens with zero attached hydrogens (tertiary/aromatic N) is 3. The van der Waals surface area contributed by atoms with E-state index in [0.29, 0.717) is 19.1 Å². The Hall–Kier alpha value is -2.28. The summed E-state index contributed by atoms with van der Waals surface area (Å²) in [6, 6.07) is 5.89. The van der Waals surface area contributed by atoms with Crippen LogP contribution in [0.5, 0.6) is 0 Å². The van der Waals surface area contributed by atoms with Crippen LogP contribution >= 0.6 is 0 Å². The fraction of sp³-hybridized carbons (Fsp3) is 0.579. The molecule has 1 atom stereocenters. The topological polar surface area (TPSA) is 76.6 Å². The van der Waals surface area contributed by atoms with E-state index >= 15 is 0 Å². The average molecular weight is 361 g/mol. The third kappa shape index (κ3) is 6.92. The van der Waals surface area contributed by atoms with E-state index in [1.54, 1.807) is 13.3 Å². The number of hydrogen-bond donors (Lipinski definition) is 2. The molecular weight excluding hydrogens is 330 g/mol. The minimum Gasteiger partial charge on any atom is -0.467 e. The Kier molecular flexibility index (Phi) is 8.21. The molecule has 2 N–H and O–H groups in total. The van der Waals surface area contributed by atoms with Gasteiger partial charge in [-0.05, 0) is 44.4 Å². The van der Waals surface area contributed by atoms with Crippen molar-refractivity contribution in [2.24, 2.45) is 10.9 Å². The van der Waals surface area contributed by atoms with Crippen molar-refractivity contribution in [3.63, 3.8) is 0 Å². The van der Waals surface area contributed by atoms with E-state index in [2.05, 4.69) is 45.3 Å². The molecule has 0 aromatic carbocycles. The first kappa shape index (κ1) is 20.0. The van der Waals surface area contributed by atoms with Crippen LogP contribution in [0.1, 0.15) is 30.5 Å². The highest BCUT2D eigenvalue weighted by Gasteiger charge is 2.08. The summed E-state index contributed by atoms with van der Waals surface area (Å²) < 4.78 is 12.9. The van der Waals surface area contributed by atoms with Gasteiger partial charge in [-0.2, -0.15) is 5.10 Å². The van der Waals surface area contributed by atoms with Gasteiger partial charge in [0.2, 0.25) is 0 Å². The molecule has 26 heavy (non-hydrogen) atoms. The lowest BCUT2D eigenvalue weighted by atomic mass is 10.2. The summed E-state index contributed by atoms with van der Waals surface area (Å²) in [6.07, 6.45) is 2.56. The fourth-order valence-electron chi connectivity index (χ4n) is 2.66. The smallest absolute Gasteiger partial charge is 0.190 e. The molecule has 0 bridgehead atoms. The van der Waals surface area contributed by atoms with Crippen LogP contribution in [0.25, 0.3) is 0 Å². The summed E-state index contributed by atoms with van der Waals surface area (Å²) in [7, 11) is 1.79. The second-order valence-corrected chi connectivity index (χ2v) is 6.58. The molecule has 144 valence electrons. The Morgan fingerprint density at radius 2 is 2.23 bits per heavy atom. The summed E-state index contributed by atoms with van der Waals surface area (Å²) in [6.45, 7) is 10.1. The van der Waals surface area contributed by atoms with Gasteiger partial charge in [-0.15, -0.1) is 0 Å². The molecule has 0 aliphatic heterocycles. The van der Waals surface area contributed by atoms with E-state index in [9.17, 15) is 0 Å². The molecule has 0 saturated heterocycles. The average Bonchev–Trinajstić information content (AvgIpc) is 3.23. The van der Waals surface area contributed by atoms with Crippen molar-refractivity contribution in [3.8, 4) is 0 Å². The van der Waals surface area contributed by atoms with E-state index < -0.39 is 0 Å². The Morgan fingerprint density at radius 3 is 2.88 bits per heavy atom. The standard InChI is InChI=1S/C19H31N5O2/c1-15(13-24-17(3)11-16(2)23-24)12-22-19(20-4)21-8-6-9-25-14-18-7-5-10-26-18/h5,7,10-11,15H,6,8-9,12-14H2,1-4H3,(H2,20,21,22). The Morgan fingerprint density at radius 1 is 1.38 bits per heavy atom. The Bertz CT molecular complexity index is 664. The predicted octanol–water partition coefficient (Wildman–Crippen LogP) is 2.50. The zero-order valence-electron chi connectivity index (χ0n) is 16.3. The quantitative estimate of drug-likeness (QED) is 0.386. The van der Waals surface area contributed by atoms with E-state index in [-0.39, 0.29) is 0 Å². The van der Waals surface area contributed by atoms with Gasteiger partial charge >= 0.3 is 0 Å². The van der Waals surface area contributed by atoms with Crippen LogP contribution in [-0.4, -0.2) is 42.5 Å². The first-order valence-corrected chi connectivity index (χ1v) is 9.14. The van der Waals surface area contributed by atoms with Crippen molar-refractivity contribution in [2.45, 2.75) is 40.3 Å². The summed E-state index contributed by atoms with van der Waals surface area (Å²) in [4.78, 5) is 4.26. The van der Waals surface area contributed by atoms with Gasteiger partial charge in [0.1, 0.15) is 12.4 Å². The molecule has 0 saturated carbocycles. The maximum Gasteiger partial charge on any atom is 0.190 e. The summed E-state index contributed by atoms with van der Waals surface area (Å²) in [5, 5.41) is 11.2. The van der Waals surface area contributed by atoms with Gasteiger partial charge in [0.05, 0.1) is 12.0 Å². The number of guanidine groups is 1. The van der Waals surface area contributed by atoms with Crippen LogP contribution in [0.4, 0.5) is 0 Å². The number of aliphatic imine (C=N–C) groups is 1. The molecule has 1 unspecified atom stereocenters. The summed E-state index contributed by atoms with van der Waals surface area (Å²) in [5.41, 5.74) is 2.26. The second kappa shape index (κ2) is 10.7. The van der Waals surface area contributed by atoms with Gasteiger partial charge in [-0.25, -0.2) is 0 Å². The third-order valence-corrected chi connectivity index (χ3v) is 4.01. The number of nitrogens with one attached hydrogen (secondary N) is 2. The number of furan rings is 1. The van der Waals surface area contributed by atoms with Gasteiger partial charge in [-0.3, -0.25) is 9.67 Å². The number of ether oxygens (including phenoxy) is 1. The van der Waals surface area contributed by atoms with E-state index in [4.69, 9.17) is 9.15 Å². The minimum absolute atomic E-state index is 0.447. The van der Waals surface area contributed by atoms with Crippen molar-refractivity contribution in [1.29, 1.82) is 0 Å². The molecule has 2 aromatic heterocycles. The molecule has 2 aromatic rings. The van der Waals surface area contributed by atoms with Gasteiger partial charge in [-0.1, -0.05) is 6.92 Å². The molecule has 0 amide bonds. The molecule has 2 rings (SSSR count). The first-order chi connectivity index (χ1) is 12.6. The highest BCUT2D eigenvalue weighted by molar-refractivity contribution is 5.79. The molecule has 0 radical (unpaired) electrons. The van der Waals surface area contributed by atoms with Crippen molar-refractivity contribution in [3.05, 3.63) is 41.6 Å². The highest BCUT2D eigenvalue weighted by Crippen LogP contribution is 2.06. The zero-order valence-corrected chi connectivity index (χ0v) is 16.3. The van der Waals surface area contributed by atoms with E-state index in [1.165, 1.54) is 5.69 Å². The number of hydrogen-bond acceptors (Lipinski definition) is 4. The van der Waals surface area contributed by atoms with Gasteiger partial charge in [0.15, 0.2) is 5.96 Å². The Balaban J connectivity index is 1.57.